The second-order valence-corrected chi connectivity index (χ2v) is 8.05. The Hall–Kier alpha value is -3.36. The largest absolute Gasteiger partial charge is 0.489 e. The van der Waals surface area contributed by atoms with E-state index >= 15 is 0 Å². The normalized spacial score (nSPS) is 10.8. The van der Waals surface area contributed by atoms with Gasteiger partial charge in [0.2, 0.25) is 5.91 Å². The van der Waals surface area contributed by atoms with Crippen LogP contribution in [-0.4, -0.2) is 22.8 Å². The average Bonchev–Trinajstić information content (AvgIpc) is 2.80. The van der Waals surface area contributed by atoms with Gasteiger partial charge in [-0.05, 0) is 59.2 Å². The Morgan fingerprint density at radius 3 is 2.50 bits per heavy atom. The van der Waals surface area contributed by atoms with E-state index in [4.69, 9.17) is 16.3 Å². The number of benzene rings is 3. The molecule has 32 heavy (non-hydrogen) atoms. The molecule has 0 aromatic heterocycles. The summed E-state index contributed by atoms with van der Waals surface area (Å²) in [6.45, 7) is 0.299. The Balaban J connectivity index is 1.39. The number of ether oxygens (including phenoxy) is 1. The van der Waals surface area contributed by atoms with Crippen LogP contribution in [-0.2, 0) is 17.2 Å². The number of carbonyl (C=O) groups is 1. The molecule has 0 unspecified atom stereocenters. The van der Waals surface area contributed by atoms with Gasteiger partial charge in [0, 0.05) is 22.9 Å². The van der Waals surface area contributed by atoms with Gasteiger partial charge in [-0.3, -0.25) is 14.9 Å². The molecular formula is C23H20ClN3O4S. The molecule has 0 spiro atoms. The highest BCUT2D eigenvalue weighted by molar-refractivity contribution is 7.99. The molecule has 0 heterocycles. The summed E-state index contributed by atoms with van der Waals surface area (Å²) in [6, 6.07) is 21.0. The van der Waals surface area contributed by atoms with Gasteiger partial charge in [0.25, 0.3) is 5.69 Å². The molecule has 0 atom stereocenters. The molecule has 0 fully saturated rings. The van der Waals surface area contributed by atoms with E-state index in [9.17, 15) is 14.9 Å². The molecule has 0 radical (unpaired) electrons. The van der Waals surface area contributed by atoms with E-state index in [1.807, 2.05) is 36.4 Å². The fourth-order valence-electron chi connectivity index (χ4n) is 2.61. The minimum Gasteiger partial charge on any atom is -0.489 e. The molecule has 3 aromatic carbocycles. The van der Waals surface area contributed by atoms with Crippen LogP contribution in [0.4, 0.5) is 5.69 Å². The Morgan fingerprint density at radius 1 is 1.09 bits per heavy atom. The van der Waals surface area contributed by atoms with Crippen LogP contribution in [0.3, 0.4) is 0 Å². The Labute approximate surface area is 194 Å². The van der Waals surface area contributed by atoms with E-state index in [-0.39, 0.29) is 17.3 Å². The smallest absolute Gasteiger partial charge is 0.269 e. The van der Waals surface area contributed by atoms with Crippen molar-refractivity contribution < 1.29 is 14.5 Å². The summed E-state index contributed by atoms with van der Waals surface area (Å²) in [5.74, 6) is 1.39. The number of nitrogens with zero attached hydrogens (tertiary/aromatic N) is 2. The Kier molecular flexibility index (Phi) is 8.65. The lowest BCUT2D eigenvalue weighted by Gasteiger charge is -2.06. The summed E-state index contributed by atoms with van der Waals surface area (Å²) < 4.78 is 5.68. The molecule has 9 heteroatoms. The van der Waals surface area contributed by atoms with Crippen LogP contribution < -0.4 is 10.2 Å². The molecule has 0 saturated heterocycles. The number of hydrogen-bond acceptors (Lipinski definition) is 6. The van der Waals surface area contributed by atoms with Gasteiger partial charge < -0.3 is 4.74 Å². The third kappa shape index (κ3) is 7.40. The zero-order valence-corrected chi connectivity index (χ0v) is 18.5. The maximum atomic E-state index is 11.9. The highest BCUT2D eigenvalue weighted by Crippen LogP contribution is 2.20. The van der Waals surface area contributed by atoms with E-state index in [0.29, 0.717) is 23.1 Å². The van der Waals surface area contributed by atoms with Crippen molar-refractivity contribution in [1.29, 1.82) is 0 Å². The van der Waals surface area contributed by atoms with Crippen LogP contribution in [0.5, 0.6) is 5.75 Å². The van der Waals surface area contributed by atoms with E-state index in [1.165, 1.54) is 23.9 Å². The van der Waals surface area contributed by atoms with Crippen molar-refractivity contribution in [2.45, 2.75) is 12.4 Å². The molecule has 0 saturated carbocycles. The minimum absolute atomic E-state index is 0.0451. The second kappa shape index (κ2) is 11.9. The Bertz CT molecular complexity index is 1090. The second-order valence-electron chi connectivity index (χ2n) is 6.66. The topological polar surface area (TPSA) is 93.8 Å². The monoisotopic (exact) mass is 469 g/mol. The van der Waals surface area contributed by atoms with Crippen molar-refractivity contribution in [2.75, 3.05) is 5.75 Å². The predicted molar refractivity (Wildman–Crippen MR) is 127 cm³/mol. The molecule has 1 N–H and O–H groups in total. The fraction of sp³-hybridized carbons (Fsp3) is 0.130. The Morgan fingerprint density at radius 2 is 1.81 bits per heavy atom. The molecule has 3 rings (SSSR count). The highest BCUT2D eigenvalue weighted by atomic mass is 35.5. The SMILES string of the molecule is O=C(CSCc1ccccc1Cl)N/N=C\c1ccc(OCc2ccc([N+](=O)[O-])cc2)cc1. The third-order valence-electron chi connectivity index (χ3n) is 4.28. The van der Waals surface area contributed by atoms with E-state index < -0.39 is 4.92 Å². The van der Waals surface area contributed by atoms with Crippen LogP contribution in [0.15, 0.2) is 77.9 Å². The van der Waals surface area contributed by atoms with Crippen molar-refractivity contribution >= 4 is 41.2 Å². The van der Waals surface area contributed by atoms with Gasteiger partial charge in [-0.2, -0.15) is 5.10 Å². The summed E-state index contributed by atoms with van der Waals surface area (Å²) in [7, 11) is 0. The third-order valence-corrected chi connectivity index (χ3v) is 5.63. The van der Waals surface area contributed by atoms with Gasteiger partial charge in [0.15, 0.2) is 0 Å². The summed E-state index contributed by atoms with van der Waals surface area (Å²) in [4.78, 5) is 22.1. The number of rotatable bonds is 10. The number of carbonyl (C=O) groups excluding carboxylic acids is 1. The number of amides is 1. The average molecular weight is 470 g/mol. The standard InChI is InChI=1S/C23H20ClN3O4S/c24-22-4-2-1-3-19(22)15-32-16-23(28)26-25-13-17-7-11-21(12-8-17)31-14-18-5-9-20(10-6-18)27(29)30/h1-13H,14-16H2,(H,26,28)/b25-13-. The molecule has 7 nitrogen and oxygen atoms in total. The van der Waals surface area contributed by atoms with Crippen molar-refractivity contribution in [3.8, 4) is 5.75 Å². The number of non-ortho nitro benzene ring substituents is 1. The summed E-state index contributed by atoms with van der Waals surface area (Å²) in [5.41, 5.74) is 5.17. The van der Waals surface area contributed by atoms with E-state index in [0.717, 1.165) is 16.7 Å². The summed E-state index contributed by atoms with van der Waals surface area (Å²) in [6.07, 6.45) is 1.55. The molecule has 0 aliphatic rings. The van der Waals surface area contributed by atoms with Gasteiger partial charge in [-0.1, -0.05) is 29.8 Å². The van der Waals surface area contributed by atoms with Crippen LogP contribution in [0.25, 0.3) is 0 Å². The minimum atomic E-state index is -0.438. The number of hydrazone groups is 1. The molecule has 1 amide bonds. The maximum Gasteiger partial charge on any atom is 0.269 e. The van der Waals surface area contributed by atoms with Gasteiger partial charge in [0.1, 0.15) is 12.4 Å². The lowest BCUT2D eigenvalue weighted by Crippen LogP contribution is -2.19. The van der Waals surface area contributed by atoms with Crippen molar-refractivity contribution in [3.63, 3.8) is 0 Å². The van der Waals surface area contributed by atoms with Gasteiger partial charge in [-0.15, -0.1) is 11.8 Å². The van der Waals surface area contributed by atoms with Crippen LogP contribution in [0.1, 0.15) is 16.7 Å². The first kappa shape index (κ1) is 23.3. The van der Waals surface area contributed by atoms with Crippen LogP contribution in [0.2, 0.25) is 5.02 Å². The number of nitro groups is 1. The van der Waals surface area contributed by atoms with Crippen molar-refractivity contribution in [1.82, 2.24) is 5.43 Å². The predicted octanol–water partition coefficient (Wildman–Crippen LogP) is 5.21. The molecule has 0 aliphatic carbocycles. The van der Waals surface area contributed by atoms with Gasteiger partial charge >= 0.3 is 0 Å². The van der Waals surface area contributed by atoms with Gasteiger partial charge in [0.05, 0.1) is 16.9 Å². The van der Waals surface area contributed by atoms with Gasteiger partial charge in [-0.25, -0.2) is 5.43 Å². The number of hydrogen-bond donors (Lipinski definition) is 1. The number of nitrogens with one attached hydrogen (secondary N) is 1. The molecule has 164 valence electrons. The quantitative estimate of drug-likeness (QED) is 0.250. The fourth-order valence-corrected chi connectivity index (χ4v) is 3.72. The number of halogens is 1. The zero-order valence-electron chi connectivity index (χ0n) is 16.9. The molecule has 0 aliphatic heterocycles. The molecule has 0 bridgehead atoms. The highest BCUT2D eigenvalue weighted by Gasteiger charge is 2.05. The van der Waals surface area contributed by atoms with Crippen LogP contribution >= 0.6 is 23.4 Å². The van der Waals surface area contributed by atoms with E-state index in [1.54, 1.807) is 30.5 Å². The van der Waals surface area contributed by atoms with E-state index in [2.05, 4.69) is 10.5 Å². The summed E-state index contributed by atoms with van der Waals surface area (Å²) >= 11 is 7.56. The zero-order chi connectivity index (χ0) is 22.8. The lowest BCUT2D eigenvalue weighted by atomic mass is 10.2. The van der Waals surface area contributed by atoms with Crippen molar-refractivity contribution in [3.05, 3.63) is 105 Å². The molecular weight excluding hydrogens is 450 g/mol. The van der Waals surface area contributed by atoms with Crippen molar-refractivity contribution in [2.24, 2.45) is 5.10 Å². The maximum absolute atomic E-state index is 11.9. The number of thioether (sulfide) groups is 1. The van der Waals surface area contributed by atoms with Crippen LogP contribution in [0, 0.1) is 10.1 Å². The molecule has 3 aromatic rings. The first-order valence-electron chi connectivity index (χ1n) is 9.60. The number of nitro benzene ring substituents is 1. The lowest BCUT2D eigenvalue weighted by molar-refractivity contribution is -0.384. The summed E-state index contributed by atoms with van der Waals surface area (Å²) in [5, 5.41) is 15.3. The first-order chi connectivity index (χ1) is 15.5. The first-order valence-corrected chi connectivity index (χ1v) is 11.1.